The van der Waals surface area contributed by atoms with Crippen molar-refractivity contribution in [1.82, 2.24) is 10.2 Å². The van der Waals surface area contributed by atoms with E-state index in [1.807, 2.05) is 47.8 Å². The number of carbonyl (C=O) groups excluding carboxylic acids is 2. The SMILES string of the molecule is CN(C)C(=O)CNC(=O)C[NH2+][C@H](c1ccccc1)c1ccco1. The standard InChI is InChI=1S/C17H21N3O3/c1-20(2)16(22)12-18-15(21)11-19-17(14-9-6-10-23-14)13-7-4-3-5-8-13/h3-10,17,19H,11-12H2,1-2H3,(H,18,21)/p+1/t17-/m1/s1. The summed E-state index contributed by atoms with van der Waals surface area (Å²) in [7, 11) is 3.31. The molecule has 1 aromatic heterocycles. The predicted octanol–water partition coefficient (Wildman–Crippen LogP) is 0.137. The summed E-state index contributed by atoms with van der Waals surface area (Å²) in [5, 5.41) is 4.52. The Morgan fingerprint density at radius 2 is 1.91 bits per heavy atom. The first-order valence-electron chi connectivity index (χ1n) is 7.46. The molecular weight excluding hydrogens is 294 g/mol. The number of hydrogen-bond acceptors (Lipinski definition) is 3. The van der Waals surface area contributed by atoms with Gasteiger partial charge >= 0.3 is 0 Å². The van der Waals surface area contributed by atoms with Gasteiger partial charge in [0.1, 0.15) is 0 Å². The number of hydrogen-bond donors (Lipinski definition) is 2. The third-order valence-corrected chi connectivity index (χ3v) is 3.48. The van der Waals surface area contributed by atoms with Crippen LogP contribution in [0.1, 0.15) is 17.4 Å². The fourth-order valence-corrected chi connectivity index (χ4v) is 2.17. The summed E-state index contributed by atoms with van der Waals surface area (Å²) in [6.45, 7) is 0.220. The molecule has 0 unspecified atom stereocenters. The number of furan rings is 1. The van der Waals surface area contributed by atoms with Crippen LogP contribution in [-0.4, -0.2) is 43.9 Å². The van der Waals surface area contributed by atoms with E-state index in [0.29, 0.717) is 0 Å². The Balaban J connectivity index is 1.94. The normalized spacial score (nSPS) is 11.7. The zero-order chi connectivity index (χ0) is 16.7. The molecule has 0 saturated carbocycles. The maximum atomic E-state index is 11.9. The largest absolute Gasteiger partial charge is 0.463 e. The lowest BCUT2D eigenvalue weighted by Crippen LogP contribution is -2.87. The van der Waals surface area contributed by atoms with Gasteiger partial charge in [-0.05, 0) is 12.1 Å². The van der Waals surface area contributed by atoms with Gasteiger partial charge in [-0.3, -0.25) is 9.59 Å². The van der Waals surface area contributed by atoms with Gasteiger partial charge in [0, 0.05) is 19.7 Å². The second-order valence-corrected chi connectivity index (χ2v) is 5.41. The van der Waals surface area contributed by atoms with Crippen LogP contribution in [0.3, 0.4) is 0 Å². The molecule has 0 bridgehead atoms. The molecule has 2 aromatic rings. The van der Waals surface area contributed by atoms with E-state index in [1.165, 1.54) is 4.90 Å². The van der Waals surface area contributed by atoms with Gasteiger partial charge in [0.2, 0.25) is 5.91 Å². The third-order valence-electron chi connectivity index (χ3n) is 3.48. The van der Waals surface area contributed by atoms with Crippen LogP contribution in [0.5, 0.6) is 0 Å². The highest BCUT2D eigenvalue weighted by molar-refractivity contribution is 5.84. The summed E-state index contributed by atoms with van der Waals surface area (Å²) >= 11 is 0. The van der Waals surface area contributed by atoms with Crippen LogP contribution in [0.2, 0.25) is 0 Å². The predicted molar refractivity (Wildman–Crippen MR) is 85.5 cm³/mol. The molecule has 0 aliphatic carbocycles. The van der Waals surface area contributed by atoms with Crippen molar-refractivity contribution < 1.29 is 19.3 Å². The van der Waals surface area contributed by atoms with Crippen molar-refractivity contribution in [1.29, 1.82) is 0 Å². The van der Waals surface area contributed by atoms with Crippen molar-refractivity contribution in [2.45, 2.75) is 6.04 Å². The molecule has 1 atom stereocenters. The minimum absolute atomic E-state index is 0.0103. The van der Waals surface area contributed by atoms with Gasteiger partial charge in [0.15, 0.2) is 18.3 Å². The average Bonchev–Trinajstić information content (AvgIpc) is 3.08. The third kappa shape index (κ3) is 4.96. The highest BCUT2D eigenvalue weighted by Gasteiger charge is 2.21. The Labute approximate surface area is 135 Å². The summed E-state index contributed by atoms with van der Waals surface area (Å²) in [5.74, 6) is 0.463. The minimum Gasteiger partial charge on any atom is -0.463 e. The molecular formula is C17H22N3O3+. The molecule has 1 aromatic carbocycles. The average molecular weight is 316 g/mol. The van der Waals surface area contributed by atoms with E-state index in [0.717, 1.165) is 11.3 Å². The van der Waals surface area contributed by atoms with Crippen LogP contribution in [0.25, 0.3) is 0 Å². The lowest BCUT2D eigenvalue weighted by Gasteiger charge is -2.14. The van der Waals surface area contributed by atoms with Gasteiger partial charge in [0.25, 0.3) is 5.91 Å². The van der Waals surface area contributed by atoms with Crippen LogP contribution in [0.4, 0.5) is 0 Å². The molecule has 0 aliphatic rings. The van der Waals surface area contributed by atoms with Crippen molar-refractivity contribution in [3.8, 4) is 0 Å². The molecule has 0 fully saturated rings. The number of rotatable bonds is 7. The van der Waals surface area contributed by atoms with E-state index >= 15 is 0 Å². The number of benzene rings is 1. The Kier molecular flexibility index (Phi) is 5.94. The topological polar surface area (TPSA) is 79.2 Å². The van der Waals surface area contributed by atoms with Crippen molar-refractivity contribution in [3.05, 3.63) is 60.1 Å². The zero-order valence-electron chi connectivity index (χ0n) is 13.4. The number of quaternary nitrogens is 1. The van der Waals surface area contributed by atoms with Crippen molar-refractivity contribution in [2.75, 3.05) is 27.2 Å². The summed E-state index contributed by atoms with van der Waals surface area (Å²) in [6.07, 6.45) is 1.62. The Morgan fingerprint density at radius 3 is 2.52 bits per heavy atom. The first kappa shape index (κ1) is 16.8. The van der Waals surface area contributed by atoms with Gasteiger partial charge in [-0.25, -0.2) is 0 Å². The monoisotopic (exact) mass is 316 g/mol. The summed E-state index contributed by atoms with van der Waals surface area (Å²) in [6, 6.07) is 13.5. The Bertz CT molecular complexity index is 624. The van der Waals surface area contributed by atoms with E-state index in [2.05, 4.69) is 5.32 Å². The lowest BCUT2D eigenvalue weighted by atomic mass is 10.0. The van der Waals surface area contributed by atoms with Crippen LogP contribution in [0, 0.1) is 0 Å². The van der Waals surface area contributed by atoms with Crippen LogP contribution >= 0.6 is 0 Å². The van der Waals surface area contributed by atoms with Crippen LogP contribution in [-0.2, 0) is 9.59 Å². The molecule has 6 heteroatoms. The molecule has 6 nitrogen and oxygen atoms in total. The van der Waals surface area contributed by atoms with E-state index in [-0.39, 0.29) is 30.9 Å². The number of nitrogens with two attached hydrogens (primary N) is 1. The van der Waals surface area contributed by atoms with E-state index < -0.39 is 0 Å². The van der Waals surface area contributed by atoms with Crippen LogP contribution < -0.4 is 10.6 Å². The second kappa shape index (κ2) is 8.14. The minimum atomic E-state index is -0.187. The van der Waals surface area contributed by atoms with Gasteiger partial charge in [-0.2, -0.15) is 0 Å². The Morgan fingerprint density at radius 1 is 1.17 bits per heavy atom. The van der Waals surface area contributed by atoms with E-state index in [4.69, 9.17) is 4.42 Å². The zero-order valence-corrected chi connectivity index (χ0v) is 13.4. The van der Waals surface area contributed by atoms with Gasteiger partial charge in [-0.1, -0.05) is 30.3 Å². The molecule has 1 heterocycles. The number of nitrogens with zero attached hydrogens (tertiary/aromatic N) is 1. The summed E-state index contributed by atoms with van der Waals surface area (Å²) in [4.78, 5) is 24.9. The summed E-state index contributed by atoms with van der Waals surface area (Å²) in [5.41, 5.74) is 1.06. The smallest absolute Gasteiger partial charge is 0.275 e. The van der Waals surface area contributed by atoms with Crippen molar-refractivity contribution in [3.63, 3.8) is 0 Å². The molecule has 23 heavy (non-hydrogen) atoms. The fraction of sp³-hybridized carbons (Fsp3) is 0.294. The van der Waals surface area contributed by atoms with E-state index in [1.54, 1.807) is 20.4 Å². The first-order valence-corrected chi connectivity index (χ1v) is 7.46. The first-order chi connectivity index (χ1) is 11.1. The number of carbonyl (C=O) groups is 2. The molecule has 0 aliphatic heterocycles. The molecule has 122 valence electrons. The Hall–Kier alpha value is -2.60. The lowest BCUT2D eigenvalue weighted by molar-refractivity contribution is -0.678. The fourth-order valence-electron chi connectivity index (χ4n) is 2.17. The van der Waals surface area contributed by atoms with Crippen molar-refractivity contribution >= 4 is 11.8 Å². The quantitative estimate of drug-likeness (QED) is 0.762. The molecule has 2 amide bonds. The maximum absolute atomic E-state index is 11.9. The summed E-state index contributed by atoms with van der Waals surface area (Å²) < 4.78 is 5.49. The van der Waals surface area contributed by atoms with E-state index in [9.17, 15) is 9.59 Å². The molecule has 2 rings (SSSR count). The molecule has 0 saturated heterocycles. The molecule has 3 N–H and O–H groups in total. The highest BCUT2D eigenvalue weighted by atomic mass is 16.3. The van der Waals surface area contributed by atoms with Crippen LogP contribution in [0.15, 0.2) is 53.1 Å². The number of likely N-dealkylation sites (N-methyl/N-ethyl adjacent to an activating group) is 1. The number of amides is 2. The molecule has 0 spiro atoms. The van der Waals surface area contributed by atoms with Gasteiger partial charge in [0.05, 0.1) is 12.8 Å². The highest BCUT2D eigenvalue weighted by Crippen LogP contribution is 2.18. The second-order valence-electron chi connectivity index (χ2n) is 5.41. The maximum Gasteiger partial charge on any atom is 0.275 e. The number of nitrogens with one attached hydrogen (secondary N) is 1. The molecule has 0 radical (unpaired) electrons. The van der Waals surface area contributed by atoms with Crippen molar-refractivity contribution in [2.24, 2.45) is 0 Å². The van der Waals surface area contributed by atoms with Gasteiger partial charge < -0.3 is 20.0 Å². The van der Waals surface area contributed by atoms with Gasteiger partial charge in [-0.15, -0.1) is 0 Å².